The van der Waals surface area contributed by atoms with Gasteiger partial charge in [-0.3, -0.25) is 0 Å². The van der Waals surface area contributed by atoms with E-state index >= 15 is 0 Å². The van der Waals surface area contributed by atoms with Crippen LogP contribution in [-0.4, -0.2) is 20.5 Å². The third-order valence-electron chi connectivity index (χ3n) is 2.91. The highest BCUT2D eigenvalue weighted by Gasteiger charge is 2.23. The molecule has 0 amide bonds. The van der Waals surface area contributed by atoms with Crippen molar-refractivity contribution in [1.82, 2.24) is 9.71 Å². The summed E-state index contributed by atoms with van der Waals surface area (Å²) < 4.78 is 32.7. The van der Waals surface area contributed by atoms with E-state index in [2.05, 4.69) is 9.71 Å². The van der Waals surface area contributed by atoms with E-state index in [9.17, 15) is 8.42 Å². The van der Waals surface area contributed by atoms with Gasteiger partial charge in [-0.1, -0.05) is 6.07 Å². The molecule has 1 unspecified atom stereocenters. The van der Waals surface area contributed by atoms with Gasteiger partial charge in [0.25, 0.3) is 0 Å². The number of hydrogen-bond donors (Lipinski definition) is 2. The summed E-state index contributed by atoms with van der Waals surface area (Å²) in [5.41, 5.74) is 6.35. The molecule has 1 atom stereocenters. The molecule has 0 aliphatic carbocycles. The second kappa shape index (κ2) is 6.52. The van der Waals surface area contributed by atoms with Crippen molar-refractivity contribution in [2.45, 2.75) is 24.4 Å². The normalized spacial score (nSPS) is 13.1. The van der Waals surface area contributed by atoms with Crippen LogP contribution in [0.25, 0.3) is 0 Å². The fraction of sp³-hybridized carbons (Fsp3) is 0.308. The maximum Gasteiger partial charge on any atom is 0.244 e. The van der Waals surface area contributed by atoms with E-state index < -0.39 is 16.1 Å². The molecular formula is C13H17N3O3S2. The third kappa shape index (κ3) is 3.59. The Morgan fingerprint density at radius 1 is 1.48 bits per heavy atom. The van der Waals surface area contributed by atoms with Crippen LogP contribution in [0.2, 0.25) is 0 Å². The monoisotopic (exact) mass is 327 g/mol. The summed E-state index contributed by atoms with van der Waals surface area (Å²) in [6.07, 6.45) is 1.64. The molecule has 0 bridgehead atoms. The molecule has 1 aromatic carbocycles. The Labute approximate surface area is 128 Å². The SMILES string of the molecule is COc1cc(CN)ccc1S(=O)(=O)NC(C)c1nccs1. The number of nitrogens with two attached hydrogens (primary N) is 1. The third-order valence-corrected chi connectivity index (χ3v) is 5.45. The molecule has 2 rings (SSSR count). The number of nitrogens with one attached hydrogen (secondary N) is 1. The van der Waals surface area contributed by atoms with Crippen molar-refractivity contribution in [1.29, 1.82) is 0 Å². The van der Waals surface area contributed by atoms with Gasteiger partial charge in [-0.25, -0.2) is 18.1 Å². The molecule has 1 aromatic heterocycles. The largest absolute Gasteiger partial charge is 0.495 e. The summed E-state index contributed by atoms with van der Waals surface area (Å²) in [6, 6.07) is 4.39. The topological polar surface area (TPSA) is 94.3 Å². The molecule has 6 nitrogen and oxygen atoms in total. The number of aromatic nitrogens is 1. The Kier molecular flexibility index (Phi) is 4.94. The van der Waals surface area contributed by atoms with Crippen LogP contribution in [0.4, 0.5) is 0 Å². The average Bonchev–Trinajstić information content (AvgIpc) is 3.00. The molecule has 114 valence electrons. The number of ether oxygens (including phenoxy) is 1. The lowest BCUT2D eigenvalue weighted by molar-refractivity contribution is 0.401. The second-order valence-electron chi connectivity index (χ2n) is 4.40. The lowest BCUT2D eigenvalue weighted by Crippen LogP contribution is -2.27. The molecule has 8 heteroatoms. The lowest BCUT2D eigenvalue weighted by Gasteiger charge is -2.15. The number of hydrogen-bond acceptors (Lipinski definition) is 6. The zero-order valence-electron chi connectivity index (χ0n) is 11.7. The van der Waals surface area contributed by atoms with E-state index in [-0.39, 0.29) is 10.6 Å². The summed E-state index contributed by atoms with van der Waals surface area (Å²) in [7, 11) is -2.27. The molecular weight excluding hydrogens is 310 g/mol. The Bertz CT molecular complexity index is 699. The minimum Gasteiger partial charge on any atom is -0.495 e. The van der Waals surface area contributed by atoms with E-state index in [0.717, 1.165) is 5.56 Å². The van der Waals surface area contributed by atoms with Crippen LogP contribution in [0.5, 0.6) is 5.75 Å². The smallest absolute Gasteiger partial charge is 0.244 e. The number of sulfonamides is 1. The van der Waals surface area contributed by atoms with E-state index in [4.69, 9.17) is 10.5 Å². The number of nitrogens with zero attached hydrogens (tertiary/aromatic N) is 1. The van der Waals surface area contributed by atoms with E-state index in [1.165, 1.54) is 24.5 Å². The zero-order chi connectivity index (χ0) is 15.5. The molecule has 2 aromatic rings. The Balaban J connectivity index is 2.31. The molecule has 0 fully saturated rings. The van der Waals surface area contributed by atoms with Crippen molar-refractivity contribution in [3.05, 3.63) is 40.3 Å². The molecule has 1 heterocycles. The number of methoxy groups -OCH3 is 1. The van der Waals surface area contributed by atoms with Gasteiger partial charge in [-0.05, 0) is 24.6 Å². The standard InChI is InChI=1S/C13H17N3O3S2/c1-9(13-15-5-6-20-13)16-21(17,18)12-4-3-10(8-14)7-11(12)19-2/h3-7,9,16H,8,14H2,1-2H3. The van der Waals surface area contributed by atoms with Crippen LogP contribution < -0.4 is 15.2 Å². The van der Waals surface area contributed by atoms with Gasteiger partial charge in [0, 0.05) is 18.1 Å². The maximum absolute atomic E-state index is 12.5. The van der Waals surface area contributed by atoms with Crippen LogP contribution in [0.15, 0.2) is 34.7 Å². The van der Waals surface area contributed by atoms with E-state index in [0.29, 0.717) is 11.6 Å². The van der Waals surface area contributed by atoms with Crippen LogP contribution in [0.3, 0.4) is 0 Å². The zero-order valence-corrected chi connectivity index (χ0v) is 13.4. The first-order valence-corrected chi connectivity index (χ1v) is 8.63. The lowest BCUT2D eigenvalue weighted by atomic mass is 10.2. The van der Waals surface area contributed by atoms with Gasteiger partial charge in [0.15, 0.2) is 0 Å². The number of thiazole rings is 1. The molecule has 0 aliphatic rings. The maximum atomic E-state index is 12.5. The summed E-state index contributed by atoms with van der Waals surface area (Å²) in [5.74, 6) is 0.275. The van der Waals surface area contributed by atoms with Crippen molar-refractivity contribution < 1.29 is 13.2 Å². The quantitative estimate of drug-likeness (QED) is 0.841. The molecule has 0 aliphatic heterocycles. The van der Waals surface area contributed by atoms with Crippen molar-refractivity contribution >= 4 is 21.4 Å². The highest BCUT2D eigenvalue weighted by Crippen LogP contribution is 2.26. The minimum atomic E-state index is -3.70. The van der Waals surface area contributed by atoms with Crippen molar-refractivity contribution in [2.75, 3.05) is 7.11 Å². The summed E-state index contributed by atoms with van der Waals surface area (Å²) in [5, 5.41) is 2.51. The number of rotatable bonds is 6. The summed E-state index contributed by atoms with van der Waals surface area (Å²) >= 11 is 1.40. The van der Waals surface area contributed by atoms with Gasteiger partial charge in [-0.2, -0.15) is 0 Å². The fourth-order valence-electron chi connectivity index (χ4n) is 1.86. The van der Waals surface area contributed by atoms with Gasteiger partial charge in [-0.15, -0.1) is 11.3 Å². The summed E-state index contributed by atoms with van der Waals surface area (Å²) in [4.78, 5) is 4.20. The molecule has 0 saturated carbocycles. The fourth-order valence-corrected chi connectivity index (χ4v) is 3.93. The highest BCUT2D eigenvalue weighted by molar-refractivity contribution is 7.89. The second-order valence-corrected chi connectivity index (χ2v) is 7.01. The van der Waals surface area contributed by atoms with Crippen LogP contribution in [0.1, 0.15) is 23.5 Å². The minimum absolute atomic E-state index is 0.0885. The highest BCUT2D eigenvalue weighted by atomic mass is 32.2. The molecule has 0 spiro atoms. The van der Waals surface area contributed by atoms with Crippen LogP contribution >= 0.6 is 11.3 Å². The molecule has 21 heavy (non-hydrogen) atoms. The Hall–Kier alpha value is -1.48. The van der Waals surface area contributed by atoms with Gasteiger partial charge < -0.3 is 10.5 Å². The first kappa shape index (κ1) is 15.9. The van der Waals surface area contributed by atoms with Gasteiger partial charge in [0.05, 0.1) is 13.2 Å². The summed E-state index contributed by atoms with van der Waals surface area (Å²) in [6.45, 7) is 2.07. The van der Waals surface area contributed by atoms with Crippen LogP contribution in [0, 0.1) is 0 Å². The van der Waals surface area contributed by atoms with E-state index in [1.807, 2.05) is 0 Å². The predicted molar refractivity (Wildman–Crippen MR) is 81.7 cm³/mol. The first-order valence-electron chi connectivity index (χ1n) is 6.26. The molecule has 0 radical (unpaired) electrons. The first-order chi connectivity index (χ1) is 9.97. The van der Waals surface area contributed by atoms with Crippen molar-refractivity contribution in [2.24, 2.45) is 5.73 Å². The van der Waals surface area contributed by atoms with Crippen molar-refractivity contribution in [3.63, 3.8) is 0 Å². The van der Waals surface area contributed by atoms with E-state index in [1.54, 1.807) is 30.6 Å². The van der Waals surface area contributed by atoms with Crippen molar-refractivity contribution in [3.8, 4) is 5.75 Å². The Morgan fingerprint density at radius 2 is 2.24 bits per heavy atom. The van der Waals surface area contributed by atoms with Crippen LogP contribution in [-0.2, 0) is 16.6 Å². The number of benzene rings is 1. The van der Waals surface area contributed by atoms with Gasteiger partial charge in [0.2, 0.25) is 10.0 Å². The molecule has 3 N–H and O–H groups in total. The van der Waals surface area contributed by atoms with Gasteiger partial charge >= 0.3 is 0 Å². The predicted octanol–water partition coefficient (Wildman–Crippen LogP) is 1.65. The molecule has 0 saturated heterocycles. The average molecular weight is 327 g/mol. The van der Waals surface area contributed by atoms with Gasteiger partial charge in [0.1, 0.15) is 15.7 Å². The Morgan fingerprint density at radius 3 is 2.81 bits per heavy atom.